The summed E-state index contributed by atoms with van der Waals surface area (Å²) in [5, 5.41) is 2.69. The molecule has 0 spiro atoms. The Bertz CT molecular complexity index is 2850. The van der Waals surface area contributed by atoms with E-state index in [1.54, 1.807) is 24.3 Å². The van der Waals surface area contributed by atoms with Crippen molar-refractivity contribution in [1.29, 1.82) is 0 Å². The third kappa shape index (κ3) is 5.20. The monoisotopic (exact) mass is 737 g/mol. The van der Waals surface area contributed by atoms with Crippen LogP contribution in [-0.2, 0) is 29.5 Å². The summed E-state index contributed by atoms with van der Waals surface area (Å²) >= 11 is 0. The van der Waals surface area contributed by atoms with Crippen molar-refractivity contribution in [3.8, 4) is 45.6 Å². The third-order valence-electron chi connectivity index (χ3n) is 8.82. The van der Waals surface area contributed by atoms with Crippen LogP contribution in [0.5, 0.6) is 0 Å². The van der Waals surface area contributed by atoms with Crippen LogP contribution in [0.1, 0.15) is 0 Å². The van der Waals surface area contributed by atoms with Gasteiger partial charge in [-0.2, -0.15) is 4.31 Å². The molecule has 0 amide bonds. The predicted octanol–water partition coefficient (Wildman–Crippen LogP) is 7.23. The Hall–Kier alpha value is -5.75. The number of hydrogen-bond donors (Lipinski definition) is 2. The largest absolute Gasteiger partial charge is 0.324 e. The van der Waals surface area contributed by atoms with Gasteiger partial charge >= 0.3 is 0 Å². The molecule has 0 unspecified atom stereocenters. The quantitative estimate of drug-likeness (QED) is 0.134. The zero-order valence-corrected chi connectivity index (χ0v) is 31.0. The molecule has 2 aliphatic rings. The molecule has 0 atom stereocenters. The Kier molecular flexibility index (Phi) is 7.98. The van der Waals surface area contributed by atoms with Crippen LogP contribution in [-0.4, -0.2) is 65.7 Å². The van der Waals surface area contributed by atoms with Crippen LogP contribution in [0.15, 0.2) is 121 Å². The number of sulfonamides is 1. The minimum Gasteiger partial charge on any atom is -0.324 e. The van der Waals surface area contributed by atoms with E-state index in [0.717, 1.165) is 33.0 Å². The average Bonchev–Trinajstić information content (AvgIpc) is 3.87. The first-order valence-corrected chi connectivity index (χ1v) is 17.3. The smallest absolute Gasteiger partial charge is 0.244 e. The van der Waals surface area contributed by atoms with Gasteiger partial charge in [0.15, 0.2) is 23.3 Å². The Labute approximate surface area is 304 Å². The molecule has 0 saturated heterocycles. The molecule has 51 heavy (non-hydrogen) atoms. The van der Waals surface area contributed by atoms with Gasteiger partial charge in [0.05, 0.1) is 4.90 Å². The molecule has 9 rings (SSSR count). The van der Waals surface area contributed by atoms with Crippen molar-refractivity contribution in [2.45, 2.75) is 4.90 Å². The molecule has 5 heterocycles. The molecule has 2 aliphatic heterocycles. The Morgan fingerprint density at radius 1 is 0.529 bits per heavy atom. The molecule has 244 valence electrons. The molecule has 11 nitrogen and oxygen atoms in total. The van der Waals surface area contributed by atoms with E-state index in [1.165, 1.54) is 4.31 Å². The summed E-state index contributed by atoms with van der Waals surface area (Å²) in [5.41, 5.74) is 5.02. The van der Waals surface area contributed by atoms with Crippen molar-refractivity contribution >= 4 is 54.2 Å². The number of rotatable bonds is 6. The maximum atomic E-state index is 14.3. The molecule has 0 fully saturated rings. The van der Waals surface area contributed by atoms with Gasteiger partial charge in [0.1, 0.15) is 22.6 Å². The van der Waals surface area contributed by atoms with Gasteiger partial charge in [-0.1, -0.05) is 97.1 Å². The Balaban J connectivity index is 0.00000374. The van der Waals surface area contributed by atoms with Crippen LogP contribution >= 0.6 is 0 Å². The van der Waals surface area contributed by atoms with E-state index in [1.807, 2.05) is 78.9 Å². The van der Waals surface area contributed by atoms with E-state index in [0.29, 0.717) is 51.0 Å². The first-order valence-electron chi connectivity index (χ1n) is 15.9. The maximum absolute atomic E-state index is 14.3. The third-order valence-corrected chi connectivity index (χ3v) is 10.7. The molecular formula is C38H27N9O2SZn. The fraction of sp³-hybridized carbons (Fsp3) is 0.0526. The van der Waals surface area contributed by atoms with Crippen LogP contribution in [0.3, 0.4) is 0 Å². The van der Waals surface area contributed by atoms with E-state index in [-0.39, 0.29) is 43.1 Å². The maximum Gasteiger partial charge on any atom is 0.244 e. The fourth-order valence-electron chi connectivity index (χ4n) is 6.57. The second-order valence-electron chi connectivity index (χ2n) is 11.8. The summed E-state index contributed by atoms with van der Waals surface area (Å²) in [6.07, 6.45) is 3.10. The molecule has 0 aliphatic carbocycles. The topological polar surface area (TPSA) is 146 Å². The standard InChI is InChI=1S/C38H27N9O2S.Zn/c1-3-20-47(21-4-2)50(48,49)29-19-11-18-28-30(29)38-45-36-27-17-10-9-16-26(27)34(43-36)41-32-23-13-6-5-12-22(23)31(39-32)40-33-24-14-7-8-15-25(24)35(42-33)44-37(28)46-38;/h3-19H,1-2,20-21H2,(H2,39,40,41,42,43,44,45,46);. The van der Waals surface area contributed by atoms with Crippen molar-refractivity contribution in [1.82, 2.24) is 44.2 Å². The minimum atomic E-state index is -4.05. The number of hydrogen-bond acceptors (Lipinski definition) is 8. The van der Waals surface area contributed by atoms with Crippen molar-refractivity contribution in [2.75, 3.05) is 13.1 Å². The molecule has 8 bridgehead atoms. The van der Waals surface area contributed by atoms with Gasteiger partial charge in [-0.15, -0.1) is 13.2 Å². The second kappa shape index (κ2) is 12.5. The summed E-state index contributed by atoms with van der Waals surface area (Å²) in [6.45, 7) is 7.74. The van der Waals surface area contributed by atoms with E-state index >= 15 is 0 Å². The van der Waals surface area contributed by atoms with E-state index < -0.39 is 10.0 Å². The number of fused-ring (bicyclic) bond motifs is 20. The van der Waals surface area contributed by atoms with Gasteiger partial charge in [0.2, 0.25) is 10.0 Å². The molecule has 3 aromatic heterocycles. The van der Waals surface area contributed by atoms with Gasteiger partial charge in [-0.25, -0.2) is 38.3 Å². The summed E-state index contributed by atoms with van der Waals surface area (Å²) in [7, 11) is -4.05. The van der Waals surface area contributed by atoms with Gasteiger partial charge in [0, 0.05) is 76.4 Å². The SMILES string of the molecule is C=CCN(CC=C)S(=O)(=O)c1cccc2c3nc4nc(nc5[nH]c(nc6nc(nc([nH]3)c12)-c1ccccc1-6)c1ccccc51)-c1ccccc1-4.[Zn]. The van der Waals surface area contributed by atoms with Crippen LogP contribution in [0.2, 0.25) is 0 Å². The number of nitrogens with zero attached hydrogens (tertiary/aromatic N) is 7. The first-order chi connectivity index (χ1) is 24.4. The molecule has 7 aromatic rings. The van der Waals surface area contributed by atoms with Gasteiger partial charge in [-0.3, -0.25) is 0 Å². The number of nitrogens with one attached hydrogen (secondary N) is 2. The molecular weight excluding hydrogens is 712 g/mol. The van der Waals surface area contributed by atoms with Crippen LogP contribution < -0.4 is 0 Å². The van der Waals surface area contributed by atoms with Crippen molar-refractivity contribution < 1.29 is 27.9 Å². The molecule has 2 N–H and O–H groups in total. The zero-order chi connectivity index (χ0) is 34.0. The number of benzene rings is 4. The minimum absolute atomic E-state index is 0. The number of H-pyrrole nitrogens is 2. The van der Waals surface area contributed by atoms with Gasteiger partial charge < -0.3 is 9.97 Å². The summed E-state index contributed by atoms with van der Waals surface area (Å²) in [4.78, 5) is 36.7. The molecule has 13 heteroatoms. The fourth-order valence-corrected chi connectivity index (χ4v) is 8.17. The van der Waals surface area contributed by atoms with Crippen molar-refractivity contribution in [3.63, 3.8) is 0 Å². The normalized spacial score (nSPS) is 12.0. The number of aromatic amines is 2. The molecule has 0 radical (unpaired) electrons. The summed E-state index contributed by atoms with van der Waals surface area (Å²) < 4.78 is 29.9. The van der Waals surface area contributed by atoms with Crippen molar-refractivity contribution in [2.24, 2.45) is 0 Å². The Morgan fingerprint density at radius 2 is 0.922 bits per heavy atom. The Morgan fingerprint density at radius 3 is 1.39 bits per heavy atom. The molecule has 4 aromatic carbocycles. The van der Waals surface area contributed by atoms with Crippen LogP contribution in [0.25, 0.3) is 89.7 Å². The molecule has 0 saturated carbocycles. The predicted molar refractivity (Wildman–Crippen MR) is 195 cm³/mol. The van der Waals surface area contributed by atoms with Crippen LogP contribution in [0, 0.1) is 0 Å². The zero-order valence-electron chi connectivity index (χ0n) is 27.2. The van der Waals surface area contributed by atoms with Gasteiger partial charge in [-0.05, 0) is 6.07 Å². The van der Waals surface area contributed by atoms with Gasteiger partial charge in [0.25, 0.3) is 0 Å². The average molecular weight is 739 g/mol. The van der Waals surface area contributed by atoms with Crippen molar-refractivity contribution in [3.05, 3.63) is 116 Å². The second-order valence-corrected chi connectivity index (χ2v) is 13.7. The van der Waals surface area contributed by atoms with E-state index in [9.17, 15) is 8.42 Å². The summed E-state index contributed by atoms with van der Waals surface area (Å²) in [5.74, 6) is 1.75. The van der Waals surface area contributed by atoms with E-state index in [2.05, 4.69) is 23.1 Å². The summed E-state index contributed by atoms with van der Waals surface area (Å²) in [6, 6.07) is 28.5. The number of aromatic nitrogens is 8. The van der Waals surface area contributed by atoms with E-state index in [4.69, 9.17) is 29.9 Å². The first kappa shape index (κ1) is 32.5. The van der Waals surface area contributed by atoms with Crippen LogP contribution in [0.4, 0.5) is 0 Å².